The fourth-order valence-corrected chi connectivity index (χ4v) is 5.52. The average Bonchev–Trinajstić information content (AvgIpc) is 3.43. The number of ether oxygens (including phenoxy) is 1. The summed E-state index contributed by atoms with van der Waals surface area (Å²) in [4.78, 5) is 53.9. The second-order valence-corrected chi connectivity index (χ2v) is 10.6. The molecule has 214 valence electrons. The summed E-state index contributed by atoms with van der Waals surface area (Å²) in [6, 6.07) is -1.51. The number of carbonyl (C=O) groups is 4. The van der Waals surface area contributed by atoms with Gasteiger partial charge < -0.3 is 20.7 Å². The first-order valence-electron chi connectivity index (χ1n) is 13.7. The topological polar surface area (TPSA) is 150 Å². The second-order valence-electron chi connectivity index (χ2n) is 9.72. The van der Waals surface area contributed by atoms with E-state index in [9.17, 15) is 24.4 Å². The number of alkyl carbamates (subject to hydrolysis) is 1. The van der Waals surface area contributed by atoms with E-state index < -0.39 is 24.1 Å². The number of hydroxylamine groups is 2. The SMILES string of the molecule is CCC[C@@H]([C@@H](CC1CCCCC1)C(=O)N[C@@H](CCCCNC(=O)OCC)C(=O)Nc1nccs1)N(O)C=O. The highest BCUT2D eigenvalue weighted by molar-refractivity contribution is 7.13. The van der Waals surface area contributed by atoms with Crippen LogP contribution in [-0.4, -0.2) is 64.8 Å². The van der Waals surface area contributed by atoms with E-state index in [0.717, 1.165) is 25.7 Å². The fourth-order valence-electron chi connectivity index (χ4n) is 4.98. The monoisotopic (exact) mass is 553 g/mol. The molecule has 0 aromatic carbocycles. The molecule has 2 rings (SSSR count). The number of carbonyl (C=O) groups excluding carboxylic acids is 4. The third-order valence-electron chi connectivity index (χ3n) is 6.91. The molecule has 12 heteroatoms. The van der Waals surface area contributed by atoms with Gasteiger partial charge in [0.15, 0.2) is 5.13 Å². The van der Waals surface area contributed by atoms with Crippen molar-refractivity contribution in [3.05, 3.63) is 11.6 Å². The first kappa shape index (κ1) is 31.5. The van der Waals surface area contributed by atoms with Crippen LogP contribution in [0.3, 0.4) is 0 Å². The largest absolute Gasteiger partial charge is 0.450 e. The maximum atomic E-state index is 13.7. The zero-order valence-corrected chi connectivity index (χ0v) is 23.3. The molecular weight excluding hydrogens is 510 g/mol. The molecule has 4 N–H and O–H groups in total. The van der Waals surface area contributed by atoms with E-state index in [1.165, 1.54) is 17.8 Å². The Hall–Kier alpha value is -2.73. The maximum absolute atomic E-state index is 13.7. The third kappa shape index (κ3) is 10.9. The number of unbranched alkanes of at least 4 members (excludes halogenated alkanes) is 1. The summed E-state index contributed by atoms with van der Waals surface area (Å²) < 4.78 is 4.85. The summed E-state index contributed by atoms with van der Waals surface area (Å²) in [6.45, 7) is 4.34. The van der Waals surface area contributed by atoms with Crippen molar-refractivity contribution in [2.75, 3.05) is 18.5 Å². The van der Waals surface area contributed by atoms with Crippen LogP contribution in [-0.2, 0) is 19.1 Å². The van der Waals surface area contributed by atoms with E-state index >= 15 is 0 Å². The minimum absolute atomic E-state index is 0.285. The highest BCUT2D eigenvalue weighted by Crippen LogP contribution is 2.32. The van der Waals surface area contributed by atoms with E-state index in [4.69, 9.17) is 4.74 Å². The molecule has 3 atom stereocenters. The van der Waals surface area contributed by atoms with Gasteiger partial charge in [0, 0.05) is 18.1 Å². The van der Waals surface area contributed by atoms with Crippen LogP contribution < -0.4 is 16.0 Å². The van der Waals surface area contributed by atoms with Crippen molar-refractivity contribution < 1.29 is 29.1 Å². The summed E-state index contributed by atoms with van der Waals surface area (Å²) in [5.41, 5.74) is 0. The molecule has 0 spiro atoms. The lowest BCUT2D eigenvalue weighted by Crippen LogP contribution is -2.51. The molecule has 1 aliphatic carbocycles. The molecule has 1 aromatic rings. The number of hydrogen-bond donors (Lipinski definition) is 4. The van der Waals surface area contributed by atoms with E-state index in [-0.39, 0.29) is 18.4 Å². The Morgan fingerprint density at radius 1 is 1.18 bits per heavy atom. The van der Waals surface area contributed by atoms with Crippen molar-refractivity contribution >= 4 is 40.8 Å². The predicted octanol–water partition coefficient (Wildman–Crippen LogP) is 4.09. The normalized spacial score (nSPS) is 16.1. The number of thiazole rings is 1. The maximum Gasteiger partial charge on any atom is 0.407 e. The predicted molar refractivity (Wildman–Crippen MR) is 145 cm³/mol. The smallest absolute Gasteiger partial charge is 0.407 e. The van der Waals surface area contributed by atoms with E-state index in [1.54, 1.807) is 18.5 Å². The second kappa shape index (κ2) is 17.7. The van der Waals surface area contributed by atoms with Gasteiger partial charge in [0.25, 0.3) is 0 Å². The highest BCUT2D eigenvalue weighted by Gasteiger charge is 2.36. The van der Waals surface area contributed by atoms with E-state index in [2.05, 4.69) is 20.9 Å². The van der Waals surface area contributed by atoms with Crippen molar-refractivity contribution in [2.45, 2.75) is 96.6 Å². The van der Waals surface area contributed by atoms with Crippen LogP contribution in [0.2, 0.25) is 0 Å². The lowest BCUT2D eigenvalue weighted by molar-refractivity contribution is -0.170. The summed E-state index contributed by atoms with van der Waals surface area (Å²) in [5.74, 6) is -1.05. The zero-order valence-electron chi connectivity index (χ0n) is 22.5. The molecule has 1 aromatic heterocycles. The molecule has 4 amide bonds. The van der Waals surface area contributed by atoms with Crippen molar-refractivity contribution in [3.8, 4) is 0 Å². The van der Waals surface area contributed by atoms with Crippen LogP contribution >= 0.6 is 11.3 Å². The van der Waals surface area contributed by atoms with Crippen LogP contribution in [0, 0.1) is 11.8 Å². The molecule has 0 aliphatic heterocycles. The first-order chi connectivity index (χ1) is 18.4. The Kier molecular flexibility index (Phi) is 14.7. The van der Waals surface area contributed by atoms with Crippen LogP contribution in [0.25, 0.3) is 0 Å². The van der Waals surface area contributed by atoms with E-state index in [0.29, 0.717) is 67.6 Å². The number of rotatable bonds is 17. The van der Waals surface area contributed by atoms with Crippen LogP contribution in [0.15, 0.2) is 11.6 Å². The fraction of sp³-hybridized carbons (Fsp3) is 0.731. The minimum Gasteiger partial charge on any atom is -0.450 e. The quantitative estimate of drug-likeness (QED) is 0.0982. The van der Waals surface area contributed by atoms with Crippen molar-refractivity contribution in [3.63, 3.8) is 0 Å². The Balaban J connectivity index is 2.13. The lowest BCUT2D eigenvalue weighted by Gasteiger charge is -2.34. The molecule has 1 aliphatic rings. The Labute approximate surface area is 229 Å². The van der Waals surface area contributed by atoms with E-state index in [1.807, 2.05) is 6.92 Å². The van der Waals surface area contributed by atoms with Gasteiger partial charge in [-0.25, -0.2) is 14.8 Å². The molecule has 1 saturated carbocycles. The molecule has 1 heterocycles. The molecule has 0 bridgehead atoms. The Morgan fingerprint density at radius 2 is 1.95 bits per heavy atom. The number of hydrogen-bond acceptors (Lipinski definition) is 8. The summed E-state index contributed by atoms with van der Waals surface area (Å²) in [5, 5.41) is 21.5. The number of aromatic nitrogens is 1. The van der Waals surface area contributed by atoms with Crippen molar-refractivity contribution in [2.24, 2.45) is 11.8 Å². The number of amides is 4. The molecule has 0 unspecified atom stereocenters. The molecule has 38 heavy (non-hydrogen) atoms. The van der Waals surface area contributed by atoms with Gasteiger partial charge in [-0.3, -0.25) is 19.6 Å². The molecular formula is C26H43N5O6S. The Morgan fingerprint density at radius 3 is 2.58 bits per heavy atom. The highest BCUT2D eigenvalue weighted by atomic mass is 32.1. The van der Waals surface area contributed by atoms with Crippen LogP contribution in [0.1, 0.15) is 84.5 Å². The average molecular weight is 554 g/mol. The van der Waals surface area contributed by atoms with Gasteiger partial charge in [-0.05, 0) is 44.9 Å². The van der Waals surface area contributed by atoms with Crippen LogP contribution in [0.5, 0.6) is 0 Å². The third-order valence-corrected chi connectivity index (χ3v) is 7.59. The number of nitrogens with zero attached hydrogens (tertiary/aromatic N) is 2. The van der Waals surface area contributed by atoms with Crippen molar-refractivity contribution in [1.82, 2.24) is 20.7 Å². The number of anilines is 1. The Bertz CT molecular complexity index is 849. The molecule has 0 radical (unpaired) electrons. The lowest BCUT2D eigenvalue weighted by atomic mass is 9.79. The van der Waals surface area contributed by atoms with Gasteiger partial charge in [0.2, 0.25) is 18.2 Å². The number of nitrogens with one attached hydrogen (secondary N) is 3. The van der Waals surface area contributed by atoms with Gasteiger partial charge in [0.05, 0.1) is 18.6 Å². The molecule has 11 nitrogen and oxygen atoms in total. The van der Waals surface area contributed by atoms with Crippen LogP contribution in [0.4, 0.5) is 9.93 Å². The first-order valence-corrected chi connectivity index (χ1v) is 14.6. The summed E-state index contributed by atoms with van der Waals surface area (Å²) in [6.07, 6.45) is 10.1. The van der Waals surface area contributed by atoms with Gasteiger partial charge in [-0.15, -0.1) is 11.3 Å². The van der Waals surface area contributed by atoms with Crippen molar-refractivity contribution in [1.29, 1.82) is 0 Å². The molecule has 1 fully saturated rings. The van der Waals surface area contributed by atoms with Gasteiger partial charge in [-0.1, -0.05) is 45.4 Å². The summed E-state index contributed by atoms with van der Waals surface area (Å²) in [7, 11) is 0. The van der Waals surface area contributed by atoms with Gasteiger partial charge >= 0.3 is 6.09 Å². The minimum atomic E-state index is -0.839. The molecule has 0 saturated heterocycles. The summed E-state index contributed by atoms with van der Waals surface area (Å²) >= 11 is 1.28. The van der Waals surface area contributed by atoms with Gasteiger partial charge in [0.1, 0.15) is 6.04 Å². The zero-order chi connectivity index (χ0) is 27.8. The van der Waals surface area contributed by atoms with Gasteiger partial charge in [-0.2, -0.15) is 0 Å². The standard InChI is InChI=1S/C26H43N5O6S/c1-3-10-22(31(36)18-32)20(17-19-11-6-5-7-12-19)23(33)29-21(24(34)30-25-27-15-16-38-25)13-8-9-14-28-26(35)37-4-2/h15-16,18-22,36H,3-14,17H2,1-2H3,(H,28,35)(H,29,33)(H,27,30,34)/t20-,21+,22+/m1/s1.